The lowest BCUT2D eigenvalue weighted by atomic mass is 10.1. The molecule has 1 N–H and O–H groups in total. The lowest BCUT2D eigenvalue weighted by Gasteiger charge is -2.31. The summed E-state index contributed by atoms with van der Waals surface area (Å²) in [5, 5.41) is 0.696. The van der Waals surface area contributed by atoms with Crippen LogP contribution in [0.15, 0.2) is 36.5 Å². The van der Waals surface area contributed by atoms with Gasteiger partial charge in [0.1, 0.15) is 18.5 Å². The van der Waals surface area contributed by atoms with E-state index < -0.39 is 0 Å². The molecular weight excluding hydrogens is 368 g/mol. The highest BCUT2D eigenvalue weighted by Crippen LogP contribution is 2.23. The van der Waals surface area contributed by atoms with Crippen LogP contribution in [0.4, 0.5) is 4.79 Å². The zero-order valence-corrected chi connectivity index (χ0v) is 15.6. The van der Waals surface area contributed by atoms with Gasteiger partial charge in [0.25, 0.3) is 0 Å². The minimum absolute atomic E-state index is 0.202. The molecule has 0 spiro atoms. The topological polar surface area (TPSA) is 80.3 Å². The van der Waals surface area contributed by atoms with E-state index in [1.807, 2.05) is 31.2 Å². The van der Waals surface area contributed by atoms with Crippen molar-refractivity contribution in [1.29, 1.82) is 0 Å². The Labute approximate surface area is 161 Å². The first-order chi connectivity index (χ1) is 13.1. The van der Waals surface area contributed by atoms with Gasteiger partial charge in [-0.25, -0.2) is 14.8 Å². The average Bonchev–Trinajstić information content (AvgIpc) is 3.13. The number of hydrogen-bond donors (Lipinski definition) is 1. The molecule has 27 heavy (non-hydrogen) atoms. The van der Waals surface area contributed by atoms with Crippen molar-refractivity contribution in [1.82, 2.24) is 19.9 Å². The van der Waals surface area contributed by atoms with Gasteiger partial charge in [-0.3, -0.25) is 0 Å². The number of benzene rings is 1. The SMILES string of the molecule is Cc1cc(COC(=O)N2CCO[C@H](c3nc4ncccc4[nH]3)C2)ccc1Cl. The van der Waals surface area contributed by atoms with E-state index >= 15 is 0 Å². The van der Waals surface area contributed by atoms with E-state index in [9.17, 15) is 4.79 Å². The number of halogens is 1. The third-order valence-corrected chi connectivity index (χ3v) is 4.91. The summed E-state index contributed by atoms with van der Waals surface area (Å²) in [6.45, 7) is 3.39. The largest absolute Gasteiger partial charge is 0.445 e. The second-order valence-corrected chi connectivity index (χ2v) is 6.85. The number of nitrogens with zero attached hydrogens (tertiary/aromatic N) is 3. The molecule has 3 heterocycles. The molecule has 1 fully saturated rings. The highest BCUT2D eigenvalue weighted by atomic mass is 35.5. The normalized spacial score (nSPS) is 17.3. The van der Waals surface area contributed by atoms with Gasteiger partial charge in [-0.15, -0.1) is 0 Å². The van der Waals surface area contributed by atoms with E-state index in [1.165, 1.54) is 0 Å². The molecule has 7 nitrogen and oxygen atoms in total. The molecule has 0 unspecified atom stereocenters. The van der Waals surface area contributed by atoms with E-state index in [0.29, 0.717) is 36.2 Å². The zero-order valence-electron chi connectivity index (χ0n) is 14.8. The molecule has 1 aliphatic rings. The predicted octanol–water partition coefficient (Wildman–Crippen LogP) is 3.63. The Morgan fingerprint density at radius 1 is 1.44 bits per heavy atom. The molecular formula is C19H19ClN4O3. The van der Waals surface area contributed by atoms with Gasteiger partial charge in [-0.05, 0) is 36.2 Å². The van der Waals surface area contributed by atoms with Crippen molar-refractivity contribution in [3.05, 3.63) is 58.5 Å². The maximum atomic E-state index is 12.5. The first-order valence-electron chi connectivity index (χ1n) is 8.69. The number of aromatic nitrogens is 3. The van der Waals surface area contributed by atoms with Gasteiger partial charge in [0.15, 0.2) is 5.65 Å². The third kappa shape index (κ3) is 3.89. The number of H-pyrrole nitrogens is 1. The minimum atomic E-state index is -0.370. The molecule has 1 aliphatic heterocycles. The van der Waals surface area contributed by atoms with Crippen LogP contribution in [-0.4, -0.2) is 45.6 Å². The Kier molecular flexibility index (Phi) is 4.96. The smallest absolute Gasteiger partial charge is 0.410 e. The molecule has 0 aliphatic carbocycles. The van der Waals surface area contributed by atoms with Gasteiger partial charge >= 0.3 is 6.09 Å². The third-order valence-electron chi connectivity index (χ3n) is 4.49. The number of aromatic amines is 1. The summed E-state index contributed by atoms with van der Waals surface area (Å²) in [4.78, 5) is 26.0. The highest BCUT2D eigenvalue weighted by Gasteiger charge is 2.28. The fraction of sp³-hybridized carbons (Fsp3) is 0.316. The van der Waals surface area contributed by atoms with Gasteiger partial charge in [0, 0.05) is 17.8 Å². The van der Waals surface area contributed by atoms with E-state index in [2.05, 4.69) is 15.0 Å². The summed E-state index contributed by atoms with van der Waals surface area (Å²) in [5.74, 6) is 0.662. The number of fused-ring (bicyclic) bond motifs is 1. The number of aryl methyl sites for hydroxylation is 1. The molecule has 140 valence electrons. The molecule has 1 atom stereocenters. The van der Waals surface area contributed by atoms with Crippen LogP contribution in [0.25, 0.3) is 11.2 Å². The molecule has 8 heteroatoms. The van der Waals surface area contributed by atoms with Crippen LogP contribution in [0.5, 0.6) is 0 Å². The van der Waals surface area contributed by atoms with E-state index in [1.54, 1.807) is 17.2 Å². The summed E-state index contributed by atoms with van der Waals surface area (Å²) >= 11 is 6.03. The number of amides is 1. The first-order valence-corrected chi connectivity index (χ1v) is 9.07. The van der Waals surface area contributed by atoms with Crippen molar-refractivity contribution in [3.8, 4) is 0 Å². The summed E-state index contributed by atoms with van der Waals surface area (Å²) in [6.07, 6.45) is 0.986. The minimum Gasteiger partial charge on any atom is -0.445 e. The maximum absolute atomic E-state index is 12.5. The monoisotopic (exact) mass is 386 g/mol. The molecule has 0 saturated carbocycles. The number of ether oxygens (including phenoxy) is 2. The van der Waals surface area contributed by atoms with Crippen LogP contribution >= 0.6 is 11.6 Å². The molecule has 1 aromatic carbocycles. The molecule has 3 aromatic rings. The van der Waals surface area contributed by atoms with Crippen molar-refractivity contribution in [3.63, 3.8) is 0 Å². The quantitative estimate of drug-likeness (QED) is 0.743. The number of imidazole rings is 1. The van der Waals surface area contributed by atoms with Gasteiger partial charge in [-0.2, -0.15) is 0 Å². The van der Waals surface area contributed by atoms with Gasteiger partial charge in [0.2, 0.25) is 0 Å². The Morgan fingerprint density at radius 2 is 2.33 bits per heavy atom. The van der Waals surface area contributed by atoms with Crippen LogP contribution in [0.2, 0.25) is 5.02 Å². The summed E-state index contributed by atoms with van der Waals surface area (Å²) in [7, 11) is 0. The van der Waals surface area contributed by atoms with Crippen molar-refractivity contribution in [2.75, 3.05) is 19.7 Å². The molecule has 1 amide bonds. The number of hydrogen-bond acceptors (Lipinski definition) is 5. The molecule has 4 rings (SSSR count). The Bertz CT molecular complexity index is 941. The second-order valence-electron chi connectivity index (χ2n) is 6.44. The van der Waals surface area contributed by atoms with Crippen molar-refractivity contribution in [2.45, 2.75) is 19.6 Å². The van der Waals surface area contributed by atoms with Crippen LogP contribution < -0.4 is 0 Å². The number of morpholine rings is 1. The number of pyridine rings is 1. The number of carbonyl (C=O) groups excluding carboxylic acids is 1. The van der Waals surface area contributed by atoms with Gasteiger partial charge in [-0.1, -0.05) is 23.7 Å². The lowest BCUT2D eigenvalue weighted by Crippen LogP contribution is -2.42. The predicted molar refractivity (Wildman–Crippen MR) is 101 cm³/mol. The molecule has 1 saturated heterocycles. The Balaban J connectivity index is 1.39. The Hall–Kier alpha value is -2.64. The number of nitrogens with one attached hydrogen (secondary N) is 1. The van der Waals surface area contributed by atoms with Crippen LogP contribution in [0, 0.1) is 6.92 Å². The fourth-order valence-corrected chi connectivity index (χ4v) is 3.15. The van der Waals surface area contributed by atoms with E-state index in [-0.39, 0.29) is 18.8 Å². The Morgan fingerprint density at radius 3 is 3.15 bits per heavy atom. The van der Waals surface area contributed by atoms with Crippen molar-refractivity contribution in [2.24, 2.45) is 0 Å². The standard InChI is InChI=1S/C19H19ClN4O3/c1-12-9-13(4-5-14(12)20)11-27-19(25)24-7-8-26-16(10-24)18-22-15-3-2-6-21-17(15)23-18/h2-6,9,16H,7-8,10-11H2,1H3,(H,21,22,23)/t16-/m0/s1. The van der Waals surface area contributed by atoms with Crippen LogP contribution in [0.3, 0.4) is 0 Å². The van der Waals surface area contributed by atoms with Crippen molar-refractivity contribution < 1.29 is 14.3 Å². The fourth-order valence-electron chi connectivity index (χ4n) is 3.03. The molecule has 2 aromatic heterocycles. The van der Waals surface area contributed by atoms with Crippen LogP contribution in [0.1, 0.15) is 23.1 Å². The van der Waals surface area contributed by atoms with Gasteiger partial charge < -0.3 is 19.4 Å². The highest BCUT2D eigenvalue weighted by molar-refractivity contribution is 6.31. The maximum Gasteiger partial charge on any atom is 0.410 e. The summed E-state index contributed by atoms with van der Waals surface area (Å²) in [6, 6.07) is 9.32. The summed E-state index contributed by atoms with van der Waals surface area (Å²) in [5.41, 5.74) is 3.33. The zero-order chi connectivity index (χ0) is 18.8. The summed E-state index contributed by atoms with van der Waals surface area (Å²) < 4.78 is 11.2. The van der Waals surface area contributed by atoms with Crippen LogP contribution in [-0.2, 0) is 16.1 Å². The lowest BCUT2D eigenvalue weighted by molar-refractivity contribution is -0.0330. The molecule has 0 radical (unpaired) electrons. The second kappa shape index (κ2) is 7.54. The van der Waals surface area contributed by atoms with E-state index in [0.717, 1.165) is 16.6 Å². The van der Waals surface area contributed by atoms with Crippen molar-refractivity contribution >= 4 is 28.9 Å². The van der Waals surface area contributed by atoms with Gasteiger partial charge in [0.05, 0.1) is 18.7 Å². The number of rotatable bonds is 3. The van der Waals surface area contributed by atoms with E-state index in [4.69, 9.17) is 21.1 Å². The molecule has 0 bridgehead atoms. The number of carbonyl (C=O) groups is 1. The average molecular weight is 387 g/mol. The first kappa shape index (κ1) is 17.8.